The quantitative estimate of drug-likeness (QED) is 0.729. The lowest BCUT2D eigenvalue weighted by Crippen LogP contribution is -2.40. The zero-order valence-electron chi connectivity index (χ0n) is 10.7. The van der Waals surface area contributed by atoms with Crippen LogP contribution in [0.5, 0.6) is 5.75 Å². The highest BCUT2D eigenvalue weighted by atomic mass is 79.9. The third-order valence-electron chi connectivity index (χ3n) is 3.59. The molecular weight excluding hydrogens is 314 g/mol. The van der Waals surface area contributed by atoms with Gasteiger partial charge in [0.05, 0.1) is 7.11 Å². The number of ether oxygens (including phenoxy) is 1. The molecule has 1 saturated carbocycles. The summed E-state index contributed by atoms with van der Waals surface area (Å²) in [4.78, 5) is 2.48. The van der Waals surface area contributed by atoms with E-state index in [-0.39, 0.29) is 0 Å². The van der Waals surface area contributed by atoms with Crippen LogP contribution >= 0.6 is 27.5 Å². The number of alkyl halides is 1. The summed E-state index contributed by atoms with van der Waals surface area (Å²) < 4.78 is 6.43. The summed E-state index contributed by atoms with van der Waals surface area (Å²) >= 11 is 9.52. The van der Waals surface area contributed by atoms with Crippen molar-refractivity contribution in [3.8, 4) is 5.75 Å². The number of hydrogen-bond donors (Lipinski definition) is 0. The average Bonchev–Trinajstić information content (AvgIpc) is 2.30. The van der Waals surface area contributed by atoms with Gasteiger partial charge in [0, 0.05) is 29.5 Å². The van der Waals surface area contributed by atoms with E-state index in [2.05, 4.69) is 26.9 Å². The summed E-state index contributed by atoms with van der Waals surface area (Å²) in [6.45, 7) is 1.89. The van der Waals surface area contributed by atoms with Crippen LogP contribution in [0.4, 0.5) is 0 Å². The van der Waals surface area contributed by atoms with Crippen molar-refractivity contribution in [3.05, 3.63) is 28.2 Å². The lowest BCUT2D eigenvalue weighted by Gasteiger charge is -2.37. The van der Waals surface area contributed by atoms with Crippen molar-refractivity contribution in [1.82, 2.24) is 4.90 Å². The first kappa shape index (κ1) is 14.2. The number of rotatable bonds is 6. The Morgan fingerprint density at radius 1 is 1.44 bits per heavy atom. The van der Waals surface area contributed by atoms with Gasteiger partial charge in [-0.05, 0) is 36.6 Å². The van der Waals surface area contributed by atoms with Crippen LogP contribution in [-0.4, -0.2) is 30.5 Å². The van der Waals surface area contributed by atoms with Crippen molar-refractivity contribution < 1.29 is 4.74 Å². The van der Waals surface area contributed by atoms with Crippen molar-refractivity contribution in [2.75, 3.05) is 19.5 Å². The molecule has 18 heavy (non-hydrogen) atoms. The molecule has 0 aliphatic heterocycles. The molecule has 0 aromatic heterocycles. The van der Waals surface area contributed by atoms with Crippen molar-refractivity contribution in [2.45, 2.75) is 31.8 Å². The molecule has 2 nitrogen and oxygen atoms in total. The molecular formula is C14H19BrClNO. The predicted molar refractivity (Wildman–Crippen MR) is 79.5 cm³/mol. The van der Waals surface area contributed by atoms with Gasteiger partial charge in [-0.2, -0.15) is 0 Å². The van der Waals surface area contributed by atoms with Crippen molar-refractivity contribution in [2.24, 2.45) is 0 Å². The van der Waals surface area contributed by atoms with Crippen LogP contribution in [0.3, 0.4) is 0 Å². The SMILES string of the molecule is COc1ccc(Br)c(CN(CCCl)C2CCC2)c1. The highest BCUT2D eigenvalue weighted by Gasteiger charge is 2.24. The summed E-state index contributed by atoms with van der Waals surface area (Å²) in [7, 11) is 1.70. The van der Waals surface area contributed by atoms with Crippen molar-refractivity contribution >= 4 is 27.5 Å². The fraction of sp³-hybridized carbons (Fsp3) is 0.571. The van der Waals surface area contributed by atoms with Crippen molar-refractivity contribution in [3.63, 3.8) is 0 Å². The van der Waals surface area contributed by atoms with Gasteiger partial charge in [-0.15, -0.1) is 11.6 Å². The van der Waals surface area contributed by atoms with E-state index < -0.39 is 0 Å². The Bertz CT molecular complexity index is 395. The van der Waals surface area contributed by atoms with E-state index in [4.69, 9.17) is 16.3 Å². The monoisotopic (exact) mass is 331 g/mol. The molecule has 0 heterocycles. The zero-order valence-corrected chi connectivity index (χ0v) is 13.0. The van der Waals surface area contributed by atoms with Crippen LogP contribution in [-0.2, 0) is 6.54 Å². The normalized spacial score (nSPS) is 15.8. The topological polar surface area (TPSA) is 12.5 Å². The van der Waals surface area contributed by atoms with Crippen LogP contribution in [0, 0.1) is 0 Å². The molecule has 1 aliphatic rings. The molecule has 0 bridgehead atoms. The Morgan fingerprint density at radius 2 is 2.22 bits per heavy atom. The number of nitrogens with zero attached hydrogens (tertiary/aromatic N) is 1. The number of halogens is 2. The predicted octanol–water partition coefficient (Wildman–Crippen LogP) is 4.05. The number of methoxy groups -OCH3 is 1. The Hall–Kier alpha value is -0.250. The standard InChI is InChI=1S/C14H19BrClNO/c1-18-13-5-6-14(15)11(9-13)10-17(8-7-16)12-3-2-4-12/h5-6,9,12H,2-4,7-8,10H2,1H3. The van der Waals surface area contributed by atoms with Gasteiger partial charge in [0.25, 0.3) is 0 Å². The maximum atomic E-state index is 5.91. The Balaban J connectivity index is 2.09. The van der Waals surface area contributed by atoms with Gasteiger partial charge in [-0.25, -0.2) is 0 Å². The van der Waals surface area contributed by atoms with Gasteiger partial charge in [0.1, 0.15) is 5.75 Å². The first-order chi connectivity index (χ1) is 8.74. The van der Waals surface area contributed by atoms with Crippen LogP contribution in [0.25, 0.3) is 0 Å². The molecule has 0 N–H and O–H groups in total. The minimum atomic E-state index is 0.693. The number of benzene rings is 1. The lowest BCUT2D eigenvalue weighted by molar-refractivity contribution is 0.127. The molecule has 0 unspecified atom stereocenters. The molecule has 4 heteroatoms. The maximum absolute atomic E-state index is 5.91. The highest BCUT2D eigenvalue weighted by molar-refractivity contribution is 9.10. The first-order valence-corrected chi connectivity index (χ1v) is 7.69. The smallest absolute Gasteiger partial charge is 0.119 e. The Morgan fingerprint density at radius 3 is 2.78 bits per heavy atom. The number of hydrogen-bond acceptors (Lipinski definition) is 2. The van der Waals surface area contributed by atoms with E-state index in [1.54, 1.807) is 7.11 Å². The van der Waals surface area contributed by atoms with Gasteiger partial charge in [0.15, 0.2) is 0 Å². The summed E-state index contributed by atoms with van der Waals surface area (Å²) in [6, 6.07) is 6.84. The van der Waals surface area contributed by atoms with Crippen LogP contribution in [0.15, 0.2) is 22.7 Å². The van der Waals surface area contributed by atoms with Crippen molar-refractivity contribution in [1.29, 1.82) is 0 Å². The summed E-state index contributed by atoms with van der Waals surface area (Å²) in [5.41, 5.74) is 1.27. The third-order valence-corrected chi connectivity index (χ3v) is 4.53. The minimum Gasteiger partial charge on any atom is -0.497 e. The summed E-state index contributed by atoms with van der Waals surface area (Å²) in [6.07, 6.45) is 3.96. The van der Waals surface area contributed by atoms with E-state index in [1.165, 1.54) is 24.8 Å². The molecule has 100 valence electrons. The molecule has 0 amide bonds. The Kier molecular flexibility index (Phi) is 5.34. The van der Waals surface area contributed by atoms with E-state index in [0.29, 0.717) is 11.9 Å². The average molecular weight is 333 g/mol. The maximum Gasteiger partial charge on any atom is 0.119 e. The fourth-order valence-electron chi connectivity index (χ4n) is 2.27. The minimum absolute atomic E-state index is 0.693. The van der Waals surface area contributed by atoms with Gasteiger partial charge in [-0.1, -0.05) is 22.4 Å². The van der Waals surface area contributed by atoms with Crippen LogP contribution in [0.1, 0.15) is 24.8 Å². The second-order valence-electron chi connectivity index (χ2n) is 4.70. The summed E-state index contributed by atoms with van der Waals surface area (Å²) in [5, 5.41) is 0. The lowest BCUT2D eigenvalue weighted by atomic mass is 9.91. The molecule has 2 rings (SSSR count). The van der Waals surface area contributed by atoms with Gasteiger partial charge in [-0.3, -0.25) is 4.90 Å². The zero-order chi connectivity index (χ0) is 13.0. The molecule has 0 radical (unpaired) electrons. The molecule has 0 spiro atoms. The third kappa shape index (κ3) is 3.40. The van der Waals surface area contributed by atoms with Gasteiger partial charge >= 0.3 is 0 Å². The van der Waals surface area contributed by atoms with Gasteiger partial charge in [0.2, 0.25) is 0 Å². The molecule has 0 atom stereocenters. The summed E-state index contributed by atoms with van der Waals surface area (Å²) in [5.74, 6) is 1.60. The highest BCUT2D eigenvalue weighted by Crippen LogP contribution is 2.29. The largest absolute Gasteiger partial charge is 0.497 e. The van der Waals surface area contributed by atoms with Gasteiger partial charge < -0.3 is 4.74 Å². The van der Waals surface area contributed by atoms with E-state index in [0.717, 1.165) is 23.3 Å². The first-order valence-electron chi connectivity index (χ1n) is 6.37. The van der Waals surface area contributed by atoms with Crippen LogP contribution < -0.4 is 4.74 Å². The molecule has 1 fully saturated rings. The van der Waals surface area contributed by atoms with E-state index in [1.807, 2.05) is 12.1 Å². The molecule has 0 saturated heterocycles. The second-order valence-corrected chi connectivity index (χ2v) is 5.93. The van der Waals surface area contributed by atoms with Crippen LogP contribution in [0.2, 0.25) is 0 Å². The Labute approximate surface area is 122 Å². The molecule has 1 aromatic rings. The van der Waals surface area contributed by atoms with E-state index >= 15 is 0 Å². The molecule has 1 aromatic carbocycles. The molecule has 1 aliphatic carbocycles. The second kappa shape index (κ2) is 6.78. The van der Waals surface area contributed by atoms with E-state index in [9.17, 15) is 0 Å². The fourth-order valence-corrected chi connectivity index (χ4v) is 2.86.